The second kappa shape index (κ2) is 7.42. The average Bonchev–Trinajstić information content (AvgIpc) is 2.50. The van der Waals surface area contributed by atoms with Gasteiger partial charge in [-0.15, -0.1) is 0 Å². The lowest BCUT2D eigenvalue weighted by molar-refractivity contribution is -0.370. The molecule has 0 radical (unpaired) electrons. The van der Waals surface area contributed by atoms with E-state index in [1.165, 1.54) is 14.2 Å². The van der Waals surface area contributed by atoms with E-state index < -0.39 is 39.4 Å². The molecule has 1 aromatic rings. The normalized spacial score (nSPS) is 14.0. The van der Waals surface area contributed by atoms with Gasteiger partial charge >= 0.3 is 20.9 Å². The summed E-state index contributed by atoms with van der Waals surface area (Å²) in [5.41, 5.74) is -4.75. The first-order valence-electron chi connectivity index (χ1n) is 6.95. The van der Waals surface area contributed by atoms with Crippen LogP contribution >= 0.6 is 0 Å². The quantitative estimate of drug-likeness (QED) is 0.587. The highest BCUT2D eigenvalue weighted by molar-refractivity contribution is 6.81. The Kier molecular flexibility index (Phi) is 6.47. The molecule has 24 heavy (non-hydrogen) atoms. The van der Waals surface area contributed by atoms with E-state index in [1.54, 1.807) is 30.3 Å². The third kappa shape index (κ3) is 4.10. The first-order chi connectivity index (χ1) is 10.9. The fourth-order valence-corrected chi connectivity index (χ4v) is 5.06. The van der Waals surface area contributed by atoms with Gasteiger partial charge in [-0.25, -0.2) is 0 Å². The molecule has 0 saturated heterocycles. The smallest absolute Gasteiger partial charge is 0.394 e. The minimum absolute atomic E-state index is 0.168. The van der Waals surface area contributed by atoms with E-state index in [0.29, 0.717) is 5.19 Å². The molecule has 0 heterocycles. The molecule has 0 fully saturated rings. The number of rotatable bonds is 7. The molecule has 138 valence electrons. The maximum Gasteiger partial charge on any atom is 0.426 e. The molecule has 1 aromatic carbocycles. The van der Waals surface area contributed by atoms with Gasteiger partial charge in [-0.1, -0.05) is 30.3 Å². The van der Waals surface area contributed by atoms with Crippen LogP contribution in [0.25, 0.3) is 0 Å². The third-order valence-corrected chi connectivity index (χ3v) is 7.40. The van der Waals surface area contributed by atoms with E-state index in [9.17, 15) is 31.4 Å². The van der Waals surface area contributed by atoms with Gasteiger partial charge in [-0.3, -0.25) is 0 Å². The van der Waals surface area contributed by atoms with Crippen molar-refractivity contribution in [3.63, 3.8) is 0 Å². The van der Waals surface area contributed by atoms with E-state index in [1.807, 2.05) is 0 Å². The monoisotopic (exact) mass is 376 g/mol. The third-order valence-electron chi connectivity index (χ3n) is 3.86. The van der Waals surface area contributed by atoms with Crippen LogP contribution in [0.3, 0.4) is 0 Å². The van der Waals surface area contributed by atoms with E-state index in [0.717, 1.165) is 0 Å². The molecule has 0 bridgehead atoms. The van der Waals surface area contributed by atoms with Crippen LogP contribution in [-0.4, -0.2) is 45.8 Å². The molecule has 0 saturated carbocycles. The number of aliphatic hydroxyl groups is 1. The summed E-state index contributed by atoms with van der Waals surface area (Å²) < 4.78 is 86.8. The molecule has 0 aliphatic heterocycles. The number of benzene rings is 1. The Morgan fingerprint density at radius 3 is 1.75 bits per heavy atom. The summed E-state index contributed by atoms with van der Waals surface area (Å²) in [6.45, 7) is 0. The minimum atomic E-state index is -5.82. The Bertz CT molecular complexity index is 499. The fraction of sp³-hybridized carbons (Fsp3) is 0.571. The van der Waals surface area contributed by atoms with Crippen molar-refractivity contribution >= 4 is 13.7 Å². The molecule has 0 aliphatic carbocycles. The van der Waals surface area contributed by atoms with Gasteiger partial charge in [-0.2, -0.15) is 26.3 Å². The van der Waals surface area contributed by atoms with Crippen molar-refractivity contribution in [1.29, 1.82) is 0 Å². The molecule has 0 aromatic heterocycles. The molecule has 0 spiro atoms. The second-order valence-electron chi connectivity index (χ2n) is 5.24. The molecule has 0 amide bonds. The Labute approximate surface area is 136 Å². The van der Waals surface area contributed by atoms with Crippen molar-refractivity contribution in [2.75, 3.05) is 14.2 Å². The summed E-state index contributed by atoms with van der Waals surface area (Å²) in [6, 6.07) is 8.14. The van der Waals surface area contributed by atoms with Gasteiger partial charge in [0.25, 0.3) is 5.60 Å². The summed E-state index contributed by atoms with van der Waals surface area (Å²) >= 11 is 0. The highest BCUT2D eigenvalue weighted by Crippen LogP contribution is 2.46. The van der Waals surface area contributed by atoms with Gasteiger partial charge in [0.15, 0.2) is 0 Å². The summed E-state index contributed by atoms with van der Waals surface area (Å²) in [5.74, 6) is 0. The molecule has 0 atom stereocenters. The Hall–Kier alpha value is -1.10. The zero-order valence-corrected chi connectivity index (χ0v) is 14.0. The predicted octanol–water partition coefficient (Wildman–Crippen LogP) is 3.26. The first-order valence-corrected chi connectivity index (χ1v) is 8.97. The zero-order valence-electron chi connectivity index (χ0n) is 13.0. The molecule has 1 rings (SSSR count). The second-order valence-corrected chi connectivity index (χ2v) is 8.64. The van der Waals surface area contributed by atoms with Crippen LogP contribution in [0.5, 0.6) is 0 Å². The molecule has 0 aliphatic rings. The van der Waals surface area contributed by atoms with Crippen LogP contribution in [0.15, 0.2) is 30.3 Å². The maximum atomic E-state index is 12.7. The van der Waals surface area contributed by atoms with Crippen molar-refractivity contribution in [3.8, 4) is 0 Å². The maximum absolute atomic E-state index is 12.7. The lowest BCUT2D eigenvalue weighted by Gasteiger charge is -2.34. The standard InChI is InChI=1S/C14H18F6O3Si/c1-22-24(23-2,11-7-4-3-5-8-11)10-6-9-12(21,13(15,16)17)14(18,19)20/h3-5,7-8,21H,6,9-10H2,1-2H3. The highest BCUT2D eigenvalue weighted by Gasteiger charge is 2.69. The van der Waals surface area contributed by atoms with Crippen molar-refractivity contribution < 1.29 is 40.3 Å². The van der Waals surface area contributed by atoms with Crippen LogP contribution in [0.4, 0.5) is 26.3 Å². The molecule has 1 N–H and O–H groups in total. The van der Waals surface area contributed by atoms with Crippen LogP contribution in [0, 0.1) is 0 Å². The van der Waals surface area contributed by atoms with Crippen LogP contribution in [0.2, 0.25) is 6.04 Å². The largest absolute Gasteiger partial charge is 0.426 e. The van der Waals surface area contributed by atoms with Gasteiger partial charge in [0.2, 0.25) is 0 Å². The average molecular weight is 376 g/mol. The molecule has 3 nitrogen and oxygen atoms in total. The van der Waals surface area contributed by atoms with Crippen LogP contribution < -0.4 is 5.19 Å². The summed E-state index contributed by atoms with van der Waals surface area (Å²) in [4.78, 5) is 0. The molecular weight excluding hydrogens is 358 g/mol. The molecule has 10 heteroatoms. The molecule has 0 unspecified atom stereocenters. The zero-order chi connectivity index (χ0) is 18.6. The fourth-order valence-electron chi connectivity index (χ4n) is 2.38. The van der Waals surface area contributed by atoms with Crippen molar-refractivity contribution in [3.05, 3.63) is 30.3 Å². The number of halogens is 6. The van der Waals surface area contributed by atoms with Gasteiger partial charge in [0.1, 0.15) is 0 Å². The summed E-state index contributed by atoms with van der Waals surface area (Å²) in [5, 5.41) is 9.76. The molecular formula is C14H18F6O3Si. The van der Waals surface area contributed by atoms with Crippen LogP contribution in [-0.2, 0) is 8.85 Å². The van der Waals surface area contributed by atoms with E-state index in [2.05, 4.69) is 0 Å². The van der Waals surface area contributed by atoms with Crippen LogP contribution in [0.1, 0.15) is 12.8 Å². The summed E-state index contributed by atoms with van der Waals surface area (Å²) in [7, 11) is -0.595. The topological polar surface area (TPSA) is 38.7 Å². The number of hydrogen-bond acceptors (Lipinski definition) is 3. The minimum Gasteiger partial charge on any atom is -0.394 e. The summed E-state index contributed by atoms with van der Waals surface area (Å²) in [6.07, 6.45) is -13.7. The lowest BCUT2D eigenvalue weighted by Crippen LogP contribution is -2.57. The van der Waals surface area contributed by atoms with Gasteiger partial charge < -0.3 is 14.0 Å². The van der Waals surface area contributed by atoms with Gasteiger partial charge in [0.05, 0.1) is 0 Å². The van der Waals surface area contributed by atoms with E-state index >= 15 is 0 Å². The lowest BCUT2D eigenvalue weighted by atomic mass is 9.97. The van der Waals surface area contributed by atoms with Crippen molar-refractivity contribution in [2.45, 2.75) is 36.8 Å². The van der Waals surface area contributed by atoms with E-state index in [4.69, 9.17) is 8.85 Å². The van der Waals surface area contributed by atoms with Crippen molar-refractivity contribution in [2.24, 2.45) is 0 Å². The van der Waals surface area contributed by atoms with Gasteiger partial charge in [-0.05, 0) is 24.1 Å². The van der Waals surface area contributed by atoms with Crippen molar-refractivity contribution in [1.82, 2.24) is 0 Å². The number of hydrogen-bond donors (Lipinski definition) is 1. The Balaban J connectivity index is 2.96. The van der Waals surface area contributed by atoms with Gasteiger partial charge in [0, 0.05) is 14.2 Å². The van der Waals surface area contributed by atoms with E-state index in [-0.39, 0.29) is 6.04 Å². The SMILES string of the molecule is CO[Si](CCCC(O)(C(F)(F)F)C(F)(F)F)(OC)c1ccccc1. The Morgan fingerprint density at radius 2 is 1.38 bits per heavy atom. The highest BCUT2D eigenvalue weighted by atomic mass is 28.4. The Morgan fingerprint density at radius 1 is 0.917 bits per heavy atom. The predicted molar refractivity (Wildman–Crippen MR) is 76.9 cm³/mol. The number of alkyl halides is 6. The first kappa shape index (κ1) is 20.9.